The standard InChI is InChI=1S/C8H15N/c1-5-6-2-3-7(4-6)8(5)9/h5-8H,2-4,9H2,1H3/t5-,6-,7+,8+/m0/s1. The molecule has 2 aliphatic rings. The van der Waals surface area contributed by atoms with Crippen LogP contribution in [-0.2, 0) is 0 Å². The van der Waals surface area contributed by atoms with Crippen LogP contribution in [0.4, 0.5) is 0 Å². The van der Waals surface area contributed by atoms with Gasteiger partial charge in [-0.2, -0.15) is 0 Å². The molecule has 52 valence electrons. The maximum Gasteiger partial charge on any atom is 0.00957 e. The first-order valence-electron chi connectivity index (χ1n) is 4.04. The normalized spacial score (nSPS) is 56.7. The molecule has 0 spiro atoms. The molecule has 1 heteroatoms. The van der Waals surface area contributed by atoms with Crippen LogP contribution in [0.15, 0.2) is 0 Å². The topological polar surface area (TPSA) is 26.0 Å². The van der Waals surface area contributed by atoms with Crippen LogP contribution >= 0.6 is 0 Å². The highest BCUT2D eigenvalue weighted by atomic mass is 14.7. The van der Waals surface area contributed by atoms with Gasteiger partial charge in [-0.1, -0.05) is 6.92 Å². The number of hydrogen-bond acceptors (Lipinski definition) is 1. The Labute approximate surface area is 56.6 Å². The molecule has 0 saturated heterocycles. The van der Waals surface area contributed by atoms with Gasteiger partial charge in [-0.05, 0) is 37.0 Å². The molecule has 4 atom stereocenters. The lowest BCUT2D eigenvalue weighted by Gasteiger charge is -2.23. The summed E-state index contributed by atoms with van der Waals surface area (Å²) < 4.78 is 0. The first kappa shape index (κ1) is 5.72. The second-order valence-corrected chi connectivity index (χ2v) is 3.77. The van der Waals surface area contributed by atoms with Crippen molar-refractivity contribution < 1.29 is 0 Å². The molecule has 0 aromatic heterocycles. The fourth-order valence-electron chi connectivity index (χ4n) is 2.62. The molecule has 9 heavy (non-hydrogen) atoms. The predicted octanol–water partition coefficient (Wildman–Crippen LogP) is 1.38. The average molecular weight is 125 g/mol. The number of rotatable bonds is 0. The van der Waals surface area contributed by atoms with Gasteiger partial charge in [-0.3, -0.25) is 0 Å². The van der Waals surface area contributed by atoms with Crippen molar-refractivity contribution >= 4 is 0 Å². The van der Waals surface area contributed by atoms with Crippen LogP contribution in [0.2, 0.25) is 0 Å². The summed E-state index contributed by atoms with van der Waals surface area (Å²) in [6, 6.07) is 0.545. The van der Waals surface area contributed by atoms with Gasteiger partial charge in [0.2, 0.25) is 0 Å². The van der Waals surface area contributed by atoms with E-state index in [0.717, 1.165) is 17.8 Å². The third-order valence-electron chi connectivity index (χ3n) is 3.41. The molecule has 0 aromatic carbocycles. The molecule has 1 nitrogen and oxygen atoms in total. The molecule has 0 heterocycles. The molecule has 0 amide bonds. The molecule has 0 aliphatic heterocycles. The van der Waals surface area contributed by atoms with Gasteiger partial charge < -0.3 is 5.73 Å². The van der Waals surface area contributed by atoms with E-state index >= 15 is 0 Å². The van der Waals surface area contributed by atoms with E-state index in [9.17, 15) is 0 Å². The molecule has 2 bridgehead atoms. The molecular formula is C8H15N. The van der Waals surface area contributed by atoms with Gasteiger partial charge in [0.1, 0.15) is 0 Å². The fourth-order valence-corrected chi connectivity index (χ4v) is 2.62. The molecule has 0 radical (unpaired) electrons. The molecule has 2 rings (SSSR count). The van der Waals surface area contributed by atoms with Gasteiger partial charge in [0.15, 0.2) is 0 Å². The first-order valence-corrected chi connectivity index (χ1v) is 4.04. The zero-order valence-electron chi connectivity index (χ0n) is 6.01. The largest absolute Gasteiger partial charge is 0.327 e. The predicted molar refractivity (Wildman–Crippen MR) is 38.0 cm³/mol. The quantitative estimate of drug-likeness (QED) is 0.520. The van der Waals surface area contributed by atoms with E-state index in [0.29, 0.717) is 6.04 Å². The monoisotopic (exact) mass is 125 g/mol. The zero-order chi connectivity index (χ0) is 6.43. The van der Waals surface area contributed by atoms with Crippen LogP contribution in [0, 0.1) is 17.8 Å². The lowest BCUT2D eigenvalue weighted by Crippen LogP contribution is -2.33. The van der Waals surface area contributed by atoms with Crippen molar-refractivity contribution in [1.82, 2.24) is 0 Å². The minimum atomic E-state index is 0.545. The van der Waals surface area contributed by atoms with Crippen molar-refractivity contribution in [2.75, 3.05) is 0 Å². The summed E-state index contributed by atoms with van der Waals surface area (Å²) in [6.45, 7) is 2.31. The Hall–Kier alpha value is -0.0400. The van der Waals surface area contributed by atoms with E-state index in [1.807, 2.05) is 0 Å². The summed E-state index contributed by atoms with van der Waals surface area (Å²) in [5, 5.41) is 0. The molecule has 0 unspecified atom stereocenters. The molecule has 2 N–H and O–H groups in total. The number of nitrogens with two attached hydrogens (primary N) is 1. The summed E-state index contributed by atoms with van der Waals surface area (Å²) in [4.78, 5) is 0. The van der Waals surface area contributed by atoms with E-state index in [1.54, 1.807) is 0 Å². The third kappa shape index (κ3) is 0.644. The van der Waals surface area contributed by atoms with Gasteiger partial charge in [-0.15, -0.1) is 0 Å². The summed E-state index contributed by atoms with van der Waals surface area (Å²) in [7, 11) is 0. The third-order valence-corrected chi connectivity index (χ3v) is 3.41. The van der Waals surface area contributed by atoms with E-state index in [4.69, 9.17) is 5.73 Å². The highest BCUT2D eigenvalue weighted by Crippen LogP contribution is 2.47. The van der Waals surface area contributed by atoms with Gasteiger partial charge in [0.05, 0.1) is 0 Å². The first-order chi connectivity index (χ1) is 4.29. The van der Waals surface area contributed by atoms with E-state index < -0.39 is 0 Å². The van der Waals surface area contributed by atoms with Crippen molar-refractivity contribution in [3.63, 3.8) is 0 Å². The van der Waals surface area contributed by atoms with Crippen LogP contribution in [-0.4, -0.2) is 6.04 Å². The second-order valence-electron chi connectivity index (χ2n) is 3.77. The molecule has 2 saturated carbocycles. The Balaban J connectivity index is 2.15. The molecule has 2 fully saturated rings. The average Bonchev–Trinajstić information content (AvgIpc) is 2.37. The second kappa shape index (κ2) is 1.72. The van der Waals surface area contributed by atoms with Crippen LogP contribution in [0.3, 0.4) is 0 Å². The summed E-state index contributed by atoms with van der Waals surface area (Å²) in [5.74, 6) is 2.71. The maximum atomic E-state index is 5.96. The maximum absolute atomic E-state index is 5.96. The molecule has 2 aliphatic carbocycles. The fraction of sp³-hybridized carbons (Fsp3) is 1.00. The highest BCUT2D eigenvalue weighted by molar-refractivity contribution is 4.96. The zero-order valence-corrected chi connectivity index (χ0v) is 6.01. The summed E-state index contributed by atoms with van der Waals surface area (Å²) in [5.41, 5.74) is 5.96. The Bertz CT molecular complexity index is 104. The van der Waals surface area contributed by atoms with Crippen LogP contribution in [0.25, 0.3) is 0 Å². The number of hydrogen-bond donors (Lipinski definition) is 1. The van der Waals surface area contributed by atoms with Crippen molar-refractivity contribution in [3.8, 4) is 0 Å². The van der Waals surface area contributed by atoms with Crippen molar-refractivity contribution in [3.05, 3.63) is 0 Å². The van der Waals surface area contributed by atoms with E-state index in [1.165, 1.54) is 19.3 Å². The van der Waals surface area contributed by atoms with Gasteiger partial charge >= 0.3 is 0 Å². The Morgan fingerprint density at radius 2 is 1.89 bits per heavy atom. The molecule has 0 aromatic rings. The SMILES string of the molecule is C[C@H]1[C@H]2CC[C@H](C2)[C@@H]1N. The van der Waals surface area contributed by atoms with Crippen LogP contribution in [0.5, 0.6) is 0 Å². The van der Waals surface area contributed by atoms with Crippen molar-refractivity contribution in [1.29, 1.82) is 0 Å². The lowest BCUT2D eigenvalue weighted by molar-refractivity contribution is 0.312. The van der Waals surface area contributed by atoms with Crippen LogP contribution < -0.4 is 5.73 Å². The minimum absolute atomic E-state index is 0.545. The van der Waals surface area contributed by atoms with Gasteiger partial charge in [-0.25, -0.2) is 0 Å². The Morgan fingerprint density at radius 1 is 1.22 bits per heavy atom. The lowest BCUT2D eigenvalue weighted by atomic mass is 9.87. The van der Waals surface area contributed by atoms with E-state index in [2.05, 4.69) is 6.92 Å². The van der Waals surface area contributed by atoms with E-state index in [-0.39, 0.29) is 0 Å². The number of fused-ring (bicyclic) bond motifs is 2. The minimum Gasteiger partial charge on any atom is -0.327 e. The summed E-state index contributed by atoms with van der Waals surface area (Å²) >= 11 is 0. The van der Waals surface area contributed by atoms with Crippen molar-refractivity contribution in [2.24, 2.45) is 23.5 Å². The Kier molecular flexibility index (Phi) is 1.10. The Morgan fingerprint density at radius 3 is 2.22 bits per heavy atom. The molecular weight excluding hydrogens is 110 g/mol. The van der Waals surface area contributed by atoms with Gasteiger partial charge in [0, 0.05) is 6.04 Å². The van der Waals surface area contributed by atoms with Gasteiger partial charge in [0.25, 0.3) is 0 Å². The smallest absolute Gasteiger partial charge is 0.00957 e. The highest BCUT2D eigenvalue weighted by Gasteiger charge is 2.42. The van der Waals surface area contributed by atoms with Crippen molar-refractivity contribution in [2.45, 2.75) is 32.2 Å². The van der Waals surface area contributed by atoms with Crippen LogP contribution in [0.1, 0.15) is 26.2 Å². The summed E-state index contributed by atoms with van der Waals surface area (Å²) in [6.07, 6.45) is 4.30.